The number of thioether (sulfide) groups is 1. The molecule has 4 unspecified atom stereocenters. The number of benzene rings is 1. The number of fused-ring (bicyclic) bond motifs is 1. The molecule has 4 atom stereocenters. The van der Waals surface area contributed by atoms with Crippen molar-refractivity contribution in [3.05, 3.63) is 36.0 Å². The molecule has 42 heavy (non-hydrogen) atoms. The first-order valence-electron chi connectivity index (χ1n) is 13.9. The van der Waals surface area contributed by atoms with E-state index < -0.39 is 47.9 Å². The molecule has 2 aromatic rings. The number of carboxylic acid groups (broad SMARTS) is 1. The van der Waals surface area contributed by atoms with Crippen molar-refractivity contribution in [3.63, 3.8) is 0 Å². The zero-order valence-corrected chi connectivity index (χ0v) is 25.2. The topological polar surface area (TPSA) is 231 Å². The molecule has 11 N–H and O–H groups in total. The van der Waals surface area contributed by atoms with Gasteiger partial charge in [-0.2, -0.15) is 11.8 Å². The second-order valence-corrected chi connectivity index (χ2v) is 11.5. The van der Waals surface area contributed by atoms with Crippen molar-refractivity contribution in [1.82, 2.24) is 20.9 Å². The number of amides is 3. The van der Waals surface area contributed by atoms with Crippen LogP contribution in [-0.4, -0.2) is 82.5 Å². The number of aromatic nitrogens is 1. The highest BCUT2D eigenvalue weighted by Gasteiger charge is 2.30. The Bertz CT molecular complexity index is 1230. The number of para-hydroxylation sites is 1. The van der Waals surface area contributed by atoms with Crippen molar-refractivity contribution in [2.45, 2.75) is 70.1 Å². The first-order chi connectivity index (χ1) is 19.9. The predicted octanol–water partition coefficient (Wildman–Crippen LogP) is 0.430. The van der Waals surface area contributed by atoms with E-state index >= 15 is 0 Å². The summed E-state index contributed by atoms with van der Waals surface area (Å²) in [5.41, 5.74) is 18.8. The van der Waals surface area contributed by atoms with Gasteiger partial charge >= 0.3 is 5.97 Å². The predicted molar refractivity (Wildman–Crippen MR) is 166 cm³/mol. The molecule has 1 aromatic carbocycles. The van der Waals surface area contributed by atoms with Crippen molar-refractivity contribution in [2.75, 3.05) is 18.6 Å². The summed E-state index contributed by atoms with van der Waals surface area (Å²) in [6.07, 6.45) is 4.95. The van der Waals surface area contributed by atoms with Gasteiger partial charge in [0.15, 0.2) is 5.96 Å². The van der Waals surface area contributed by atoms with E-state index in [0.717, 1.165) is 16.5 Å². The number of carbonyl (C=O) groups is 4. The molecule has 3 amide bonds. The molecular formula is C28H44N8O5S. The number of aromatic amines is 1. The number of carbonyl (C=O) groups excluding carboxylic acids is 3. The third-order valence-electron chi connectivity index (χ3n) is 6.60. The number of carboxylic acids is 1. The fraction of sp³-hybridized carbons (Fsp3) is 0.536. The quantitative estimate of drug-likeness (QED) is 0.0669. The van der Waals surface area contributed by atoms with E-state index in [2.05, 4.69) is 25.9 Å². The Hall–Kier alpha value is -3.78. The van der Waals surface area contributed by atoms with Gasteiger partial charge in [0.25, 0.3) is 0 Å². The summed E-state index contributed by atoms with van der Waals surface area (Å²) in [7, 11) is 0. The Morgan fingerprint density at radius 3 is 2.21 bits per heavy atom. The van der Waals surface area contributed by atoms with Gasteiger partial charge in [-0.3, -0.25) is 19.4 Å². The smallest absolute Gasteiger partial charge is 0.326 e. The molecule has 0 spiro atoms. The number of nitrogens with two attached hydrogens (primary N) is 3. The standard InChI is InChI=1S/C28H44N8O5S/c1-16(2)13-23(27(40)41)36-25(38)21(9-6-11-32-28(30)31)35-26(39)22(10-12-42-3)34-24(37)19(29)14-17-15-33-20-8-5-4-7-18(17)20/h4-5,7-8,15-16,19,21-23,33H,6,9-14,29H2,1-3H3,(H,34,37)(H,35,39)(H,36,38)(H,40,41)(H4,30,31,32). The average Bonchev–Trinajstić information content (AvgIpc) is 3.34. The molecule has 0 aliphatic carbocycles. The largest absolute Gasteiger partial charge is 0.480 e. The van der Waals surface area contributed by atoms with Crippen molar-refractivity contribution in [3.8, 4) is 0 Å². The van der Waals surface area contributed by atoms with Crippen molar-refractivity contribution < 1.29 is 24.3 Å². The number of nitrogens with zero attached hydrogens (tertiary/aromatic N) is 1. The number of rotatable bonds is 18. The summed E-state index contributed by atoms with van der Waals surface area (Å²) in [5, 5.41) is 18.5. The SMILES string of the molecule is CSCCC(NC(=O)C(N)Cc1c[nH]c2ccccc12)C(=O)NC(CCCN=C(N)N)C(=O)NC(CC(C)C)C(=O)O. The van der Waals surface area contributed by atoms with Crippen molar-refractivity contribution in [1.29, 1.82) is 0 Å². The Balaban J connectivity index is 2.15. The highest BCUT2D eigenvalue weighted by atomic mass is 32.2. The molecule has 0 saturated carbocycles. The van der Waals surface area contributed by atoms with Gasteiger partial charge < -0.3 is 43.2 Å². The fourth-order valence-corrected chi connectivity index (χ4v) is 4.89. The minimum atomic E-state index is -1.17. The second kappa shape index (κ2) is 17.2. The molecule has 1 heterocycles. The van der Waals surface area contributed by atoms with E-state index in [-0.39, 0.29) is 37.7 Å². The average molecular weight is 605 g/mol. The fourth-order valence-electron chi connectivity index (χ4n) is 4.42. The third kappa shape index (κ3) is 11.2. The Kier molecular flexibility index (Phi) is 14.1. The van der Waals surface area contributed by atoms with Crippen LogP contribution >= 0.6 is 11.8 Å². The van der Waals surface area contributed by atoms with Crippen molar-refractivity contribution >= 4 is 52.3 Å². The first kappa shape index (κ1) is 34.4. The zero-order valence-electron chi connectivity index (χ0n) is 24.4. The lowest BCUT2D eigenvalue weighted by Crippen LogP contribution is -2.57. The van der Waals surface area contributed by atoms with Crippen LogP contribution < -0.4 is 33.2 Å². The monoisotopic (exact) mass is 604 g/mol. The van der Waals surface area contributed by atoms with E-state index in [1.165, 1.54) is 11.8 Å². The number of hydrogen-bond donors (Lipinski definition) is 8. The van der Waals surface area contributed by atoms with Gasteiger partial charge in [0.2, 0.25) is 17.7 Å². The van der Waals surface area contributed by atoms with Crippen LogP contribution in [0, 0.1) is 5.92 Å². The van der Waals surface area contributed by atoms with Crippen LogP contribution in [-0.2, 0) is 25.6 Å². The van der Waals surface area contributed by atoms with Gasteiger partial charge in [0.1, 0.15) is 18.1 Å². The molecule has 0 fully saturated rings. The van der Waals surface area contributed by atoms with Gasteiger partial charge in [-0.25, -0.2) is 4.79 Å². The van der Waals surface area contributed by atoms with Crippen LogP contribution in [0.25, 0.3) is 10.9 Å². The van der Waals surface area contributed by atoms with E-state index in [9.17, 15) is 24.3 Å². The molecule has 13 nitrogen and oxygen atoms in total. The highest BCUT2D eigenvalue weighted by Crippen LogP contribution is 2.19. The lowest BCUT2D eigenvalue weighted by Gasteiger charge is -2.25. The summed E-state index contributed by atoms with van der Waals surface area (Å²) in [6.45, 7) is 3.91. The third-order valence-corrected chi connectivity index (χ3v) is 7.24. The normalized spacial score (nSPS) is 14.0. The molecule has 0 saturated heterocycles. The van der Waals surface area contributed by atoms with Gasteiger partial charge in [0, 0.05) is 23.6 Å². The summed E-state index contributed by atoms with van der Waals surface area (Å²) in [5.74, 6) is -2.42. The number of nitrogens with one attached hydrogen (secondary N) is 4. The summed E-state index contributed by atoms with van der Waals surface area (Å²) in [4.78, 5) is 58.5. The summed E-state index contributed by atoms with van der Waals surface area (Å²) >= 11 is 1.50. The number of guanidine groups is 1. The van der Waals surface area contributed by atoms with Gasteiger partial charge in [-0.15, -0.1) is 0 Å². The second-order valence-electron chi connectivity index (χ2n) is 10.6. The lowest BCUT2D eigenvalue weighted by molar-refractivity contribution is -0.142. The molecule has 0 aliphatic heterocycles. The van der Waals surface area contributed by atoms with Crippen molar-refractivity contribution in [2.24, 2.45) is 28.1 Å². The summed E-state index contributed by atoms with van der Waals surface area (Å²) < 4.78 is 0. The number of aliphatic imine (C=N–C) groups is 1. The van der Waals surface area contributed by atoms with Crippen LogP contribution in [0.5, 0.6) is 0 Å². The Labute approximate surface area is 250 Å². The van der Waals surface area contributed by atoms with E-state index in [4.69, 9.17) is 17.2 Å². The van der Waals surface area contributed by atoms with Crippen LogP contribution in [0.1, 0.15) is 45.1 Å². The number of H-pyrrole nitrogens is 1. The minimum Gasteiger partial charge on any atom is -0.480 e. The zero-order chi connectivity index (χ0) is 31.2. The van der Waals surface area contributed by atoms with E-state index in [0.29, 0.717) is 18.6 Å². The highest BCUT2D eigenvalue weighted by molar-refractivity contribution is 7.98. The molecule has 0 radical (unpaired) electrons. The molecule has 0 aliphatic rings. The number of hydrogen-bond acceptors (Lipinski definition) is 7. The molecule has 232 valence electrons. The summed E-state index contributed by atoms with van der Waals surface area (Å²) in [6, 6.07) is 3.61. The minimum absolute atomic E-state index is 0.0147. The maximum Gasteiger partial charge on any atom is 0.326 e. The van der Waals surface area contributed by atoms with Crippen LogP contribution in [0.3, 0.4) is 0 Å². The maximum absolute atomic E-state index is 13.4. The lowest BCUT2D eigenvalue weighted by atomic mass is 10.0. The molecule has 0 bridgehead atoms. The van der Waals surface area contributed by atoms with Gasteiger partial charge in [-0.05, 0) is 61.7 Å². The molecule has 14 heteroatoms. The molecule has 1 aromatic heterocycles. The number of aliphatic carboxylic acids is 1. The van der Waals surface area contributed by atoms with Gasteiger partial charge in [-0.1, -0.05) is 32.0 Å². The van der Waals surface area contributed by atoms with Gasteiger partial charge in [0.05, 0.1) is 6.04 Å². The van der Waals surface area contributed by atoms with E-state index in [1.54, 1.807) is 0 Å². The molecular weight excluding hydrogens is 560 g/mol. The Morgan fingerprint density at radius 1 is 0.976 bits per heavy atom. The first-order valence-corrected chi connectivity index (χ1v) is 15.3. The van der Waals surface area contributed by atoms with Crippen LogP contribution in [0.2, 0.25) is 0 Å². The van der Waals surface area contributed by atoms with E-state index in [1.807, 2.05) is 50.6 Å². The molecule has 2 rings (SSSR count). The Morgan fingerprint density at radius 2 is 1.60 bits per heavy atom. The van der Waals surface area contributed by atoms with Crippen LogP contribution in [0.4, 0.5) is 0 Å². The maximum atomic E-state index is 13.4. The van der Waals surface area contributed by atoms with Crippen LogP contribution in [0.15, 0.2) is 35.5 Å².